The fourth-order valence-electron chi connectivity index (χ4n) is 5.01. The number of amides is 1. The van der Waals surface area contributed by atoms with Crippen molar-refractivity contribution in [2.75, 3.05) is 13.2 Å². The van der Waals surface area contributed by atoms with Crippen LogP contribution in [0.4, 0.5) is 0 Å². The smallest absolute Gasteiger partial charge is 0.295 e. The molecule has 0 radical (unpaired) electrons. The lowest BCUT2D eigenvalue weighted by atomic mass is 9.94. The minimum Gasteiger partial charge on any atom is -0.507 e. The van der Waals surface area contributed by atoms with Crippen LogP contribution < -0.4 is 9.47 Å². The number of aliphatic hydroxyl groups excluding tert-OH is 1. The molecule has 0 aromatic heterocycles. The highest BCUT2D eigenvalue weighted by Crippen LogP contribution is 2.41. The van der Waals surface area contributed by atoms with Gasteiger partial charge in [-0.15, -0.1) is 0 Å². The Hall–Kier alpha value is -4.32. The Morgan fingerprint density at radius 3 is 2.70 bits per heavy atom. The Bertz CT molecular complexity index is 1380. The van der Waals surface area contributed by atoms with Crippen molar-refractivity contribution >= 4 is 17.4 Å². The molecule has 0 spiro atoms. The second kappa shape index (κ2) is 10.3. The first kappa shape index (κ1) is 24.4. The van der Waals surface area contributed by atoms with E-state index in [0.29, 0.717) is 42.9 Å². The molecule has 2 atom stereocenters. The van der Waals surface area contributed by atoms with Crippen LogP contribution in [0.1, 0.15) is 35.2 Å². The summed E-state index contributed by atoms with van der Waals surface area (Å²) in [7, 11) is 0. The molecule has 1 fully saturated rings. The first-order valence-electron chi connectivity index (χ1n) is 12.4. The largest absolute Gasteiger partial charge is 0.507 e. The quantitative estimate of drug-likeness (QED) is 0.200. The molecular formula is C31H29NO5. The number of ether oxygens (including phenoxy) is 2. The van der Waals surface area contributed by atoms with Crippen molar-refractivity contribution in [3.8, 4) is 11.5 Å². The second-order valence-corrected chi connectivity index (χ2v) is 9.36. The van der Waals surface area contributed by atoms with Gasteiger partial charge in [0.25, 0.3) is 11.7 Å². The average Bonchev–Trinajstić information content (AvgIpc) is 3.41. The summed E-state index contributed by atoms with van der Waals surface area (Å²) in [6, 6.07) is 21.7. The number of hydrogen-bond acceptors (Lipinski definition) is 5. The van der Waals surface area contributed by atoms with Crippen LogP contribution in [-0.2, 0) is 22.4 Å². The van der Waals surface area contributed by atoms with Crippen molar-refractivity contribution in [2.24, 2.45) is 0 Å². The summed E-state index contributed by atoms with van der Waals surface area (Å²) in [5, 5.41) is 11.4. The van der Waals surface area contributed by atoms with E-state index in [9.17, 15) is 14.7 Å². The van der Waals surface area contributed by atoms with Crippen LogP contribution in [0.2, 0.25) is 0 Å². The van der Waals surface area contributed by atoms with Crippen LogP contribution >= 0.6 is 0 Å². The molecule has 2 heterocycles. The van der Waals surface area contributed by atoms with Crippen molar-refractivity contribution in [1.82, 2.24) is 4.90 Å². The SMILES string of the molecule is C=CCOc1cccc([C@H]2/C(=C(\O)c3ccc4c(c3)C[C@H](C)O4)C(=O)C(=O)N2CCc2ccccc2)c1. The van der Waals surface area contributed by atoms with E-state index >= 15 is 0 Å². The van der Waals surface area contributed by atoms with Crippen LogP contribution in [0.3, 0.4) is 0 Å². The summed E-state index contributed by atoms with van der Waals surface area (Å²) in [4.78, 5) is 28.2. The molecule has 0 unspecified atom stereocenters. The molecule has 1 N–H and O–H groups in total. The molecular weight excluding hydrogens is 466 g/mol. The molecule has 37 heavy (non-hydrogen) atoms. The highest BCUT2D eigenvalue weighted by Gasteiger charge is 2.46. The molecule has 0 aliphatic carbocycles. The minimum absolute atomic E-state index is 0.0502. The Labute approximate surface area is 216 Å². The summed E-state index contributed by atoms with van der Waals surface area (Å²) < 4.78 is 11.5. The number of fused-ring (bicyclic) bond motifs is 1. The Morgan fingerprint density at radius 2 is 1.92 bits per heavy atom. The van der Waals surface area contributed by atoms with Crippen LogP contribution in [-0.4, -0.2) is 41.0 Å². The number of carbonyl (C=O) groups is 2. The molecule has 3 aromatic rings. The number of ketones is 1. The third-order valence-electron chi connectivity index (χ3n) is 6.74. The molecule has 0 saturated carbocycles. The summed E-state index contributed by atoms with van der Waals surface area (Å²) >= 11 is 0. The molecule has 2 aliphatic rings. The monoisotopic (exact) mass is 495 g/mol. The zero-order valence-electron chi connectivity index (χ0n) is 20.7. The fourth-order valence-corrected chi connectivity index (χ4v) is 5.01. The van der Waals surface area contributed by atoms with E-state index in [1.807, 2.05) is 61.5 Å². The van der Waals surface area contributed by atoms with Gasteiger partial charge in [0.15, 0.2) is 0 Å². The Kier molecular flexibility index (Phi) is 6.82. The highest BCUT2D eigenvalue weighted by atomic mass is 16.5. The highest BCUT2D eigenvalue weighted by molar-refractivity contribution is 6.46. The van der Waals surface area contributed by atoms with Crippen LogP contribution in [0, 0.1) is 0 Å². The lowest BCUT2D eigenvalue weighted by Crippen LogP contribution is -2.31. The molecule has 1 amide bonds. The van der Waals surface area contributed by atoms with Gasteiger partial charge in [-0.05, 0) is 60.4 Å². The van der Waals surface area contributed by atoms with Crippen molar-refractivity contribution in [2.45, 2.75) is 31.9 Å². The van der Waals surface area contributed by atoms with E-state index in [1.54, 1.807) is 29.2 Å². The molecule has 188 valence electrons. The van der Waals surface area contributed by atoms with E-state index in [4.69, 9.17) is 9.47 Å². The number of likely N-dealkylation sites (tertiary alicyclic amines) is 1. The van der Waals surface area contributed by atoms with Gasteiger partial charge >= 0.3 is 0 Å². The number of rotatable bonds is 8. The van der Waals surface area contributed by atoms with E-state index in [0.717, 1.165) is 16.9 Å². The van der Waals surface area contributed by atoms with Crippen LogP contribution in [0.25, 0.3) is 5.76 Å². The summed E-state index contributed by atoms with van der Waals surface area (Å²) in [5.74, 6) is -0.146. The topological polar surface area (TPSA) is 76.1 Å². The molecule has 3 aromatic carbocycles. The maximum Gasteiger partial charge on any atom is 0.295 e. The average molecular weight is 496 g/mol. The van der Waals surface area contributed by atoms with Crippen molar-refractivity contribution in [3.05, 3.63) is 113 Å². The van der Waals surface area contributed by atoms with Gasteiger partial charge in [0.1, 0.15) is 30.0 Å². The molecule has 6 heteroatoms. The number of aliphatic hydroxyl groups is 1. The summed E-state index contributed by atoms with van der Waals surface area (Å²) in [5.41, 5.74) is 3.27. The molecule has 1 saturated heterocycles. The van der Waals surface area contributed by atoms with Gasteiger partial charge in [-0.2, -0.15) is 0 Å². The van der Waals surface area contributed by atoms with Gasteiger partial charge in [-0.3, -0.25) is 9.59 Å². The van der Waals surface area contributed by atoms with E-state index < -0.39 is 17.7 Å². The molecule has 6 nitrogen and oxygen atoms in total. The van der Waals surface area contributed by atoms with E-state index in [2.05, 4.69) is 6.58 Å². The van der Waals surface area contributed by atoms with E-state index in [1.165, 1.54) is 0 Å². The summed E-state index contributed by atoms with van der Waals surface area (Å²) in [6.07, 6.45) is 2.99. The first-order chi connectivity index (χ1) is 18.0. The fraction of sp³-hybridized carbons (Fsp3) is 0.226. The minimum atomic E-state index is -0.751. The van der Waals surface area contributed by atoms with Crippen molar-refractivity contribution in [1.29, 1.82) is 0 Å². The number of hydrogen-bond donors (Lipinski definition) is 1. The zero-order valence-corrected chi connectivity index (χ0v) is 20.7. The lowest BCUT2D eigenvalue weighted by molar-refractivity contribution is -0.139. The van der Waals surface area contributed by atoms with Crippen molar-refractivity contribution < 1.29 is 24.2 Å². The predicted molar refractivity (Wildman–Crippen MR) is 142 cm³/mol. The zero-order chi connectivity index (χ0) is 25.9. The molecule has 0 bridgehead atoms. The molecule has 2 aliphatic heterocycles. The maximum atomic E-state index is 13.4. The second-order valence-electron chi connectivity index (χ2n) is 9.36. The van der Waals surface area contributed by atoms with E-state index in [-0.39, 0.29) is 17.4 Å². The number of Topliss-reactive ketones (excluding diaryl/α,β-unsaturated/α-hetero) is 1. The molecule has 5 rings (SSSR count). The number of carbonyl (C=O) groups excluding carboxylic acids is 2. The first-order valence-corrected chi connectivity index (χ1v) is 12.4. The Morgan fingerprint density at radius 1 is 1.11 bits per heavy atom. The standard InChI is InChI=1S/C31H29NO5/c1-3-16-36-25-11-7-10-22(19-25)28-27(29(33)23-12-13-26-24(18-23)17-20(2)37-26)30(34)31(35)32(28)15-14-21-8-5-4-6-9-21/h3-13,18-20,28,33H,1,14-17H2,2H3/b29-27+/t20-,28-/m0/s1. The van der Waals surface area contributed by atoms with Gasteiger partial charge in [-0.1, -0.05) is 55.1 Å². The third kappa shape index (κ3) is 4.87. The predicted octanol–water partition coefficient (Wildman–Crippen LogP) is 5.24. The van der Waals surface area contributed by atoms with Gasteiger partial charge in [0, 0.05) is 18.5 Å². The Balaban J connectivity index is 1.57. The number of benzene rings is 3. The van der Waals surface area contributed by atoms with Gasteiger partial charge < -0.3 is 19.5 Å². The normalized spacial score (nSPS) is 20.0. The van der Waals surface area contributed by atoms with Gasteiger partial charge in [0.2, 0.25) is 0 Å². The third-order valence-corrected chi connectivity index (χ3v) is 6.74. The van der Waals surface area contributed by atoms with Crippen LogP contribution in [0.5, 0.6) is 11.5 Å². The van der Waals surface area contributed by atoms with Crippen molar-refractivity contribution in [3.63, 3.8) is 0 Å². The summed E-state index contributed by atoms with van der Waals surface area (Å²) in [6.45, 7) is 6.32. The van der Waals surface area contributed by atoms with Crippen LogP contribution in [0.15, 0.2) is 91.0 Å². The van der Waals surface area contributed by atoms with Gasteiger partial charge in [0.05, 0.1) is 11.6 Å². The number of nitrogens with zero attached hydrogens (tertiary/aromatic N) is 1. The lowest BCUT2D eigenvalue weighted by Gasteiger charge is -2.26. The van der Waals surface area contributed by atoms with Gasteiger partial charge in [-0.25, -0.2) is 0 Å². The maximum absolute atomic E-state index is 13.4.